The third-order valence-electron chi connectivity index (χ3n) is 3.68. The Hall–Kier alpha value is -2.81. The van der Waals surface area contributed by atoms with Crippen LogP contribution in [0.5, 0.6) is 0 Å². The highest BCUT2D eigenvalue weighted by Crippen LogP contribution is 2.30. The smallest absolute Gasteiger partial charge is 0.353 e. The summed E-state index contributed by atoms with van der Waals surface area (Å²) in [5.74, 6) is 0.744. The summed E-state index contributed by atoms with van der Waals surface area (Å²) in [5, 5.41) is 17.3. The number of ether oxygens (including phenoxy) is 1. The number of rotatable bonds is 6. The minimum atomic E-state index is -0.506. The van der Waals surface area contributed by atoms with Crippen LogP contribution in [0.25, 0.3) is 0 Å². The molecule has 2 N–H and O–H groups in total. The van der Waals surface area contributed by atoms with Crippen molar-refractivity contribution >= 4 is 23.1 Å². The number of nitrogens with zero attached hydrogens (tertiary/aromatic N) is 4. The van der Waals surface area contributed by atoms with Gasteiger partial charge in [0, 0.05) is 19.3 Å². The lowest BCUT2D eigenvalue weighted by Gasteiger charge is -2.12. The predicted molar refractivity (Wildman–Crippen MR) is 88.4 cm³/mol. The van der Waals surface area contributed by atoms with Gasteiger partial charge in [0.05, 0.1) is 11.0 Å². The molecule has 126 valence electrons. The molecule has 0 saturated carbocycles. The first-order valence-corrected chi connectivity index (χ1v) is 7.68. The number of pyridine rings is 1. The lowest BCUT2D eigenvalue weighted by Crippen LogP contribution is -2.20. The molecule has 0 aromatic carbocycles. The number of hydrogen-bond donors (Lipinski definition) is 2. The van der Waals surface area contributed by atoms with Gasteiger partial charge in [-0.1, -0.05) is 6.07 Å². The van der Waals surface area contributed by atoms with Crippen LogP contribution in [0.2, 0.25) is 0 Å². The van der Waals surface area contributed by atoms with Crippen molar-refractivity contribution in [3.05, 3.63) is 40.3 Å². The van der Waals surface area contributed by atoms with E-state index in [1.54, 1.807) is 12.3 Å². The third kappa shape index (κ3) is 3.74. The quantitative estimate of drug-likeness (QED) is 0.613. The van der Waals surface area contributed by atoms with Crippen LogP contribution in [0.4, 0.5) is 23.1 Å². The van der Waals surface area contributed by atoms with E-state index in [1.807, 2.05) is 13.0 Å². The summed E-state index contributed by atoms with van der Waals surface area (Å²) in [4.78, 5) is 23.1. The van der Waals surface area contributed by atoms with Gasteiger partial charge in [-0.25, -0.2) is 15.0 Å². The van der Waals surface area contributed by atoms with Crippen LogP contribution in [-0.2, 0) is 4.74 Å². The van der Waals surface area contributed by atoms with Crippen LogP contribution in [0.1, 0.15) is 18.4 Å². The average molecular weight is 330 g/mol. The molecule has 1 fully saturated rings. The fourth-order valence-corrected chi connectivity index (χ4v) is 2.45. The van der Waals surface area contributed by atoms with Crippen LogP contribution < -0.4 is 10.6 Å². The van der Waals surface area contributed by atoms with Gasteiger partial charge in [0.1, 0.15) is 12.1 Å². The molecule has 1 atom stereocenters. The Kier molecular flexibility index (Phi) is 4.80. The standard InChI is InChI=1S/C15H18N6O3/c1-10-4-5-12(16-7-10)20-15-13(21(22)23)14(18-9-19-15)17-8-11-3-2-6-24-11/h4-5,7,9,11H,2-3,6,8H2,1H3,(H2,16,17,18,19,20). The molecular formula is C15H18N6O3. The maximum Gasteiger partial charge on any atom is 0.353 e. The number of anilines is 3. The Morgan fingerprint density at radius 1 is 1.33 bits per heavy atom. The Labute approximate surface area is 138 Å². The molecule has 0 radical (unpaired) electrons. The van der Waals surface area contributed by atoms with Gasteiger partial charge in [0.2, 0.25) is 11.6 Å². The molecule has 1 aliphatic rings. The molecule has 0 spiro atoms. The van der Waals surface area contributed by atoms with E-state index in [9.17, 15) is 10.1 Å². The van der Waals surface area contributed by atoms with Gasteiger partial charge < -0.3 is 15.4 Å². The van der Waals surface area contributed by atoms with Crippen molar-refractivity contribution in [2.75, 3.05) is 23.8 Å². The number of nitrogens with one attached hydrogen (secondary N) is 2. The molecule has 0 aliphatic carbocycles. The molecule has 2 aromatic rings. The normalized spacial score (nSPS) is 16.8. The SMILES string of the molecule is Cc1ccc(Nc2ncnc(NCC3CCCO3)c2[N+](=O)[O-])nc1. The molecule has 0 amide bonds. The Morgan fingerprint density at radius 3 is 2.83 bits per heavy atom. The highest BCUT2D eigenvalue weighted by atomic mass is 16.6. The van der Waals surface area contributed by atoms with Crippen molar-refractivity contribution < 1.29 is 9.66 Å². The Bertz CT molecular complexity index is 716. The maximum absolute atomic E-state index is 11.5. The minimum Gasteiger partial charge on any atom is -0.376 e. The van der Waals surface area contributed by atoms with Crippen molar-refractivity contribution in [2.45, 2.75) is 25.9 Å². The van der Waals surface area contributed by atoms with Crippen LogP contribution in [-0.4, -0.2) is 39.1 Å². The summed E-state index contributed by atoms with van der Waals surface area (Å²) in [5.41, 5.74) is 0.787. The molecule has 3 rings (SSSR count). The fourth-order valence-electron chi connectivity index (χ4n) is 2.45. The lowest BCUT2D eigenvalue weighted by atomic mass is 10.2. The zero-order valence-corrected chi connectivity index (χ0v) is 13.2. The molecule has 9 heteroatoms. The first-order chi connectivity index (χ1) is 11.6. The summed E-state index contributed by atoms with van der Waals surface area (Å²) in [7, 11) is 0. The van der Waals surface area contributed by atoms with E-state index >= 15 is 0 Å². The molecular weight excluding hydrogens is 312 g/mol. The van der Waals surface area contributed by atoms with E-state index in [1.165, 1.54) is 6.33 Å². The van der Waals surface area contributed by atoms with E-state index in [0.717, 1.165) is 25.0 Å². The summed E-state index contributed by atoms with van der Waals surface area (Å²) >= 11 is 0. The van der Waals surface area contributed by atoms with Gasteiger partial charge >= 0.3 is 5.69 Å². The van der Waals surface area contributed by atoms with Gasteiger partial charge in [0.25, 0.3) is 0 Å². The van der Waals surface area contributed by atoms with Crippen molar-refractivity contribution in [1.82, 2.24) is 15.0 Å². The second-order valence-corrected chi connectivity index (χ2v) is 5.54. The molecule has 1 aliphatic heterocycles. The molecule has 1 saturated heterocycles. The summed E-state index contributed by atoms with van der Waals surface area (Å²) in [6.07, 6.45) is 4.94. The monoisotopic (exact) mass is 330 g/mol. The molecule has 9 nitrogen and oxygen atoms in total. The molecule has 3 heterocycles. The van der Waals surface area contributed by atoms with Crippen LogP contribution in [0.3, 0.4) is 0 Å². The van der Waals surface area contributed by atoms with Gasteiger partial charge in [-0.05, 0) is 31.4 Å². The van der Waals surface area contributed by atoms with Gasteiger partial charge in [-0.2, -0.15) is 0 Å². The van der Waals surface area contributed by atoms with Crippen molar-refractivity contribution in [3.8, 4) is 0 Å². The van der Waals surface area contributed by atoms with Crippen LogP contribution >= 0.6 is 0 Å². The summed E-state index contributed by atoms with van der Waals surface area (Å²) < 4.78 is 5.51. The topological polar surface area (TPSA) is 115 Å². The largest absolute Gasteiger partial charge is 0.376 e. The second-order valence-electron chi connectivity index (χ2n) is 5.54. The highest BCUT2D eigenvalue weighted by Gasteiger charge is 2.24. The zero-order valence-electron chi connectivity index (χ0n) is 13.2. The number of hydrogen-bond acceptors (Lipinski definition) is 8. The second kappa shape index (κ2) is 7.18. The first-order valence-electron chi connectivity index (χ1n) is 7.68. The summed E-state index contributed by atoms with van der Waals surface area (Å²) in [6.45, 7) is 3.11. The van der Waals surface area contributed by atoms with E-state index in [-0.39, 0.29) is 23.4 Å². The lowest BCUT2D eigenvalue weighted by molar-refractivity contribution is -0.383. The van der Waals surface area contributed by atoms with E-state index in [2.05, 4.69) is 25.6 Å². The Morgan fingerprint density at radius 2 is 2.17 bits per heavy atom. The van der Waals surface area contributed by atoms with Crippen molar-refractivity contribution in [2.24, 2.45) is 0 Å². The number of aromatic nitrogens is 3. The summed E-state index contributed by atoms with van der Waals surface area (Å²) in [6, 6.07) is 3.60. The average Bonchev–Trinajstić information content (AvgIpc) is 3.08. The molecule has 1 unspecified atom stereocenters. The highest BCUT2D eigenvalue weighted by molar-refractivity contribution is 5.72. The van der Waals surface area contributed by atoms with Gasteiger partial charge in [0.15, 0.2) is 0 Å². The van der Waals surface area contributed by atoms with Crippen LogP contribution in [0, 0.1) is 17.0 Å². The number of nitro groups is 1. The zero-order chi connectivity index (χ0) is 16.9. The van der Waals surface area contributed by atoms with Gasteiger partial charge in [-0.3, -0.25) is 10.1 Å². The van der Waals surface area contributed by atoms with Crippen molar-refractivity contribution in [1.29, 1.82) is 0 Å². The van der Waals surface area contributed by atoms with E-state index in [0.29, 0.717) is 12.4 Å². The van der Waals surface area contributed by atoms with Crippen LogP contribution in [0.15, 0.2) is 24.7 Å². The van der Waals surface area contributed by atoms with Gasteiger partial charge in [-0.15, -0.1) is 0 Å². The molecule has 2 aromatic heterocycles. The predicted octanol–water partition coefficient (Wildman–Crippen LogP) is 2.42. The first kappa shape index (κ1) is 16.1. The van der Waals surface area contributed by atoms with E-state index < -0.39 is 4.92 Å². The Balaban J connectivity index is 1.81. The fraction of sp³-hybridized carbons (Fsp3) is 0.400. The molecule has 24 heavy (non-hydrogen) atoms. The van der Waals surface area contributed by atoms with Crippen molar-refractivity contribution in [3.63, 3.8) is 0 Å². The third-order valence-corrected chi connectivity index (χ3v) is 3.68. The van der Waals surface area contributed by atoms with E-state index in [4.69, 9.17) is 4.74 Å². The molecule has 0 bridgehead atoms. The minimum absolute atomic E-state index is 0.0507. The maximum atomic E-state index is 11.5. The number of aryl methyl sites for hydroxylation is 1.